The Bertz CT molecular complexity index is 2310. The zero-order valence-corrected chi connectivity index (χ0v) is 34.5. The van der Waals surface area contributed by atoms with E-state index >= 15 is 4.79 Å². The Morgan fingerprint density at radius 2 is 1.81 bits per heavy atom. The summed E-state index contributed by atoms with van der Waals surface area (Å²) in [4.78, 5) is 49.1. The van der Waals surface area contributed by atoms with Crippen LogP contribution in [0, 0.1) is 5.92 Å². The van der Waals surface area contributed by atoms with Gasteiger partial charge in [0.15, 0.2) is 5.60 Å². The van der Waals surface area contributed by atoms with Crippen LogP contribution < -0.4 is 20.1 Å². The van der Waals surface area contributed by atoms with Crippen molar-refractivity contribution < 1.29 is 29.0 Å². The van der Waals surface area contributed by atoms with E-state index in [1.807, 2.05) is 79.0 Å². The van der Waals surface area contributed by atoms with Gasteiger partial charge in [-0.15, -0.1) is 0 Å². The first kappa shape index (κ1) is 38.9. The fraction of sp³-hybridized carbons (Fsp3) is 0.356. The first-order valence-corrected chi connectivity index (χ1v) is 23.2. The SMILES string of the molecule is COc1ccc([Si](C)(C)[C@@H]2[C@@H](CC(=O)N3CCC[C@H]3CO)O[C@]3(C(=O)N(Cc4ccc(NC(=O)Cc5c[nH]c6ccccc56)cc4)c4ccc(Cl)cc43)[C@H]2C)cc1. The molecule has 296 valence electrons. The van der Waals surface area contributed by atoms with Gasteiger partial charge in [-0.1, -0.05) is 79.3 Å². The molecule has 3 aliphatic heterocycles. The van der Waals surface area contributed by atoms with E-state index in [0.717, 1.165) is 46.3 Å². The van der Waals surface area contributed by atoms with Gasteiger partial charge in [0.1, 0.15) is 5.75 Å². The standard InChI is InChI=1S/C45H49ClN4O6Si/c1-28-43(57(3,4)35-18-16-34(55-2)17-19-35)40(24-42(53)49-21-7-8-33(49)27-51)56-45(28)37-23-31(46)13-20-39(37)50(44(45)54)26-29-11-14-32(15-12-29)48-41(52)22-30-25-47-38-10-6-5-9-36(30)38/h5-6,9-20,23,25,28,33,40,43,47,51H,7-8,21-22,24,26-27H2,1-4H3,(H,48,52)/t28-,33-,40+,43-,45+/m0/s1. The van der Waals surface area contributed by atoms with Crippen LogP contribution in [0.4, 0.5) is 11.4 Å². The summed E-state index contributed by atoms with van der Waals surface area (Å²) in [5.74, 6) is 0.0841. The molecule has 4 aromatic carbocycles. The molecule has 5 aromatic rings. The van der Waals surface area contributed by atoms with Crippen molar-refractivity contribution in [3.05, 3.63) is 119 Å². The average molecular weight is 805 g/mol. The van der Waals surface area contributed by atoms with Crippen LogP contribution in [0.2, 0.25) is 23.7 Å². The van der Waals surface area contributed by atoms with Gasteiger partial charge in [0.25, 0.3) is 5.91 Å². The number of nitrogens with one attached hydrogen (secondary N) is 2. The number of nitrogens with zero attached hydrogens (tertiary/aromatic N) is 2. The lowest BCUT2D eigenvalue weighted by molar-refractivity contribution is -0.150. The van der Waals surface area contributed by atoms with Crippen molar-refractivity contribution in [3.8, 4) is 5.75 Å². The van der Waals surface area contributed by atoms with Crippen molar-refractivity contribution in [2.45, 2.75) is 75.5 Å². The van der Waals surface area contributed by atoms with Crippen LogP contribution in [0.1, 0.15) is 42.9 Å². The molecule has 12 heteroatoms. The highest BCUT2D eigenvalue weighted by atomic mass is 35.5. The van der Waals surface area contributed by atoms with E-state index in [2.05, 4.69) is 42.5 Å². The second-order valence-electron chi connectivity index (χ2n) is 16.3. The number of aromatic nitrogens is 1. The van der Waals surface area contributed by atoms with Gasteiger partial charge in [-0.3, -0.25) is 14.4 Å². The number of hydrogen-bond donors (Lipinski definition) is 3. The van der Waals surface area contributed by atoms with Crippen LogP contribution in [0.25, 0.3) is 10.9 Å². The van der Waals surface area contributed by atoms with E-state index in [-0.39, 0.29) is 61.2 Å². The molecule has 0 bridgehead atoms. The maximum atomic E-state index is 15.2. The molecule has 3 N–H and O–H groups in total. The fourth-order valence-electron chi connectivity index (χ4n) is 9.82. The van der Waals surface area contributed by atoms with Gasteiger partial charge >= 0.3 is 0 Å². The summed E-state index contributed by atoms with van der Waals surface area (Å²) in [7, 11) is -0.843. The number of methoxy groups -OCH3 is 1. The molecule has 3 amide bonds. The lowest BCUT2D eigenvalue weighted by atomic mass is 9.82. The number of carbonyl (C=O) groups excluding carboxylic acids is 3. The molecular weight excluding hydrogens is 756 g/mol. The third-order valence-corrected chi connectivity index (χ3v) is 17.3. The Balaban J connectivity index is 1.08. The molecule has 1 spiro atoms. The number of halogens is 1. The quantitative estimate of drug-likeness (QED) is 0.122. The van der Waals surface area contributed by atoms with Crippen molar-refractivity contribution in [1.29, 1.82) is 0 Å². The number of H-pyrrole nitrogens is 1. The maximum Gasteiger partial charge on any atom is 0.264 e. The van der Waals surface area contributed by atoms with Crippen molar-refractivity contribution >= 4 is 64.9 Å². The highest BCUT2D eigenvalue weighted by Crippen LogP contribution is 2.60. The van der Waals surface area contributed by atoms with Crippen LogP contribution in [0.3, 0.4) is 0 Å². The van der Waals surface area contributed by atoms with E-state index in [1.54, 1.807) is 23.0 Å². The molecule has 0 saturated carbocycles. The van der Waals surface area contributed by atoms with Gasteiger partial charge in [-0.05, 0) is 78.0 Å². The van der Waals surface area contributed by atoms with Crippen molar-refractivity contribution in [3.63, 3.8) is 0 Å². The summed E-state index contributed by atoms with van der Waals surface area (Å²) in [6, 6.07) is 28.9. The predicted molar refractivity (Wildman–Crippen MR) is 226 cm³/mol. The minimum atomic E-state index is -2.49. The average Bonchev–Trinajstić information content (AvgIpc) is 3.97. The van der Waals surface area contributed by atoms with Gasteiger partial charge in [0.05, 0.1) is 59.0 Å². The Morgan fingerprint density at radius 1 is 1.05 bits per heavy atom. The highest BCUT2D eigenvalue weighted by molar-refractivity contribution is 6.91. The van der Waals surface area contributed by atoms with E-state index < -0.39 is 19.8 Å². The number of fused-ring (bicyclic) bond motifs is 3. The largest absolute Gasteiger partial charge is 0.497 e. The Hall–Kier alpha value is -4.94. The summed E-state index contributed by atoms with van der Waals surface area (Å²) in [5.41, 5.74) is 3.39. The lowest BCUT2D eigenvalue weighted by Gasteiger charge is -2.37. The Kier molecular flexibility index (Phi) is 10.5. The first-order valence-electron chi connectivity index (χ1n) is 19.7. The minimum absolute atomic E-state index is 0.0624. The van der Waals surface area contributed by atoms with Crippen LogP contribution in [-0.4, -0.2) is 73.2 Å². The number of aliphatic hydroxyl groups excluding tert-OH is 1. The summed E-state index contributed by atoms with van der Waals surface area (Å²) in [5, 5.41) is 15.8. The topological polar surface area (TPSA) is 124 Å². The molecule has 57 heavy (non-hydrogen) atoms. The second-order valence-corrected chi connectivity index (χ2v) is 21.4. The number of amides is 3. The lowest BCUT2D eigenvalue weighted by Crippen LogP contribution is -2.52. The third-order valence-electron chi connectivity index (χ3n) is 12.7. The van der Waals surface area contributed by atoms with Crippen molar-refractivity contribution in [2.24, 2.45) is 5.92 Å². The monoisotopic (exact) mass is 804 g/mol. The number of carbonyl (C=O) groups is 3. The molecule has 1 aromatic heterocycles. The number of ether oxygens (including phenoxy) is 2. The summed E-state index contributed by atoms with van der Waals surface area (Å²) in [6.07, 6.45) is 3.27. The molecule has 3 aliphatic rings. The van der Waals surface area contributed by atoms with E-state index in [9.17, 15) is 14.7 Å². The number of hydrogen-bond acceptors (Lipinski definition) is 6. The number of aliphatic hydroxyl groups is 1. The molecule has 2 fully saturated rings. The molecule has 4 heterocycles. The number of anilines is 2. The first-order chi connectivity index (χ1) is 27.4. The number of para-hydroxylation sites is 1. The van der Waals surface area contributed by atoms with Crippen molar-refractivity contribution in [1.82, 2.24) is 9.88 Å². The zero-order valence-electron chi connectivity index (χ0n) is 32.8. The number of likely N-dealkylation sites (tertiary alicyclic amines) is 1. The summed E-state index contributed by atoms with van der Waals surface area (Å²) in [6.45, 7) is 7.47. The van der Waals surface area contributed by atoms with Gasteiger partial charge in [-0.2, -0.15) is 0 Å². The zero-order chi connectivity index (χ0) is 40.1. The molecular formula is C45H49ClN4O6Si. The third kappa shape index (κ3) is 6.94. The van der Waals surface area contributed by atoms with Crippen LogP contribution in [0.5, 0.6) is 5.75 Å². The molecule has 0 unspecified atom stereocenters. The van der Waals surface area contributed by atoms with Crippen LogP contribution in [-0.2, 0) is 37.7 Å². The van der Waals surface area contributed by atoms with Gasteiger partial charge in [-0.25, -0.2) is 0 Å². The Morgan fingerprint density at radius 3 is 2.54 bits per heavy atom. The molecule has 0 aliphatic carbocycles. The molecule has 8 rings (SSSR count). The van der Waals surface area contributed by atoms with E-state index in [0.29, 0.717) is 22.8 Å². The van der Waals surface area contributed by atoms with Gasteiger partial charge in [0, 0.05) is 45.8 Å². The van der Waals surface area contributed by atoms with Gasteiger partial charge in [0.2, 0.25) is 11.8 Å². The van der Waals surface area contributed by atoms with Crippen molar-refractivity contribution in [2.75, 3.05) is 30.5 Å². The molecule has 2 saturated heterocycles. The number of aromatic amines is 1. The molecule has 5 atom stereocenters. The minimum Gasteiger partial charge on any atom is -0.497 e. The summed E-state index contributed by atoms with van der Waals surface area (Å²) >= 11 is 6.70. The van der Waals surface area contributed by atoms with Crippen LogP contribution in [0.15, 0.2) is 97.2 Å². The highest BCUT2D eigenvalue weighted by Gasteiger charge is 2.66. The van der Waals surface area contributed by atoms with E-state index in [4.69, 9.17) is 21.1 Å². The molecule has 10 nitrogen and oxygen atoms in total. The summed E-state index contributed by atoms with van der Waals surface area (Å²) < 4.78 is 12.7. The van der Waals surface area contributed by atoms with Gasteiger partial charge < -0.3 is 34.7 Å². The number of benzene rings is 4. The Labute approximate surface area is 339 Å². The van der Waals surface area contributed by atoms with E-state index in [1.165, 1.54) is 5.19 Å². The van der Waals surface area contributed by atoms with Crippen LogP contribution >= 0.6 is 11.6 Å². The molecule has 0 radical (unpaired) electrons. The normalized spacial score (nSPS) is 23.1. The second kappa shape index (κ2) is 15.4. The maximum absolute atomic E-state index is 15.2. The predicted octanol–water partition coefficient (Wildman–Crippen LogP) is 7.15. The smallest absolute Gasteiger partial charge is 0.264 e. The number of rotatable bonds is 11. The fourth-order valence-corrected chi connectivity index (χ4v) is 14.0.